The molecule has 0 aliphatic carbocycles. The average molecular weight is 412 g/mol. The van der Waals surface area contributed by atoms with Crippen molar-refractivity contribution in [1.82, 2.24) is 14.1 Å². The first-order chi connectivity index (χ1) is 14.3. The Morgan fingerprint density at radius 3 is 2.20 bits per heavy atom. The fraction of sp³-hybridized carbons (Fsp3) is 0.231. The molecule has 0 atom stereocenters. The van der Waals surface area contributed by atoms with Gasteiger partial charge in [0.05, 0.1) is 16.7 Å². The van der Waals surface area contributed by atoms with E-state index in [4.69, 9.17) is 17.2 Å². The standard InChI is InChI=1S/C26H25N3S/c1-26(2,3)21-13-18(12-16-8-6-7-9-19(16)21)24-20-15-23-22(14-17(20)10-11-27-24)28(4)25(30)29(23)5/h6-15H,1-5H3. The van der Waals surface area contributed by atoms with E-state index in [-0.39, 0.29) is 5.41 Å². The Morgan fingerprint density at radius 1 is 0.800 bits per heavy atom. The highest BCUT2D eigenvalue weighted by Crippen LogP contribution is 2.37. The van der Waals surface area contributed by atoms with Crippen LogP contribution in [0.15, 0.2) is 60.8 Å². The van der Waals surface area contributed by atoms with Crippen LogP contribution in [0.25, 0.3) is 43.8 Å². The van der Waals surface area contributed by atoms with E-state index in [1.54, 1.807) is 0 Å². The first-order valence-corrected chi connectivity index (χ1v) is 10.6. The molecule has 0 aliphatic rings. The third-order valence-corrected chi connectivity index (χ3v) is 6.65. The monoisotopic (exact) mass is 411 g/mol. The Kier molecular flexibility index (Phi) is 4.13. The molecule has 0 saturated heterocycles. The second-order valence-electron chi connectivity index (χ2n) is 9.12. The molecule has 5 aromatic rings. The zero-order valence-corrected chi connectivity index (χ0v) is 18.8. The van der Waals surface area contributed by atoms with Crippen molar-refractivity contribution in [3.8, 4) is 11.3 Å². The molecule has 0 spiro atoms. The first-order valence-electron chi connectivity index (χ1n) is 10.2. The minimum absolute atomic E-state index is 0.0383. The summed E-state index contributed by atoms with van der Waals surface area (Å²) in [6.45, 7) is 6.81. The van der Waals surface area contributed by atoms with Crippen molar-refractivity contribution in [2.75, 3.05) is 0 Å². The zero-order valence-electron chi connectivity index (χ0n) is 18.0. The summed E-state index contributed by atoms with van der Waals surface area (Å²) >= 11 is 5.58. The van der Waals surface area contributed by atoms with E-state index >= 15 is 0 Å². The minimum atomic E-state index is 0.0383. The Hall–Kier alpha value is -2.98. The normalized spacial score (nSPS) is 12.3. The lowest BCUT2D eigenvalue weighted by atomic mass is 9.82. The third-order valence-electron chi connectivity index (χ3n) is 6.10. The fourth-order valence-corrected chi connectivity index (χ4v) is 4.66. The van der Waals surface area contributed by atoms with Crippen molar-refractivity contribution >= 4 is 44.8 Å². The number of aromatic nitrogens is 3. The van der Waals surface area contributed by atoms with E-state index in [2.05, 4.69) is 84.5 Å². The van der Waals surface area contributed by atoms with Crippen LogP contribution < -0.4 is 0 Å². The van der Waals surface area contributed by atoms with Gasteiger partial charge in [0.2, 0.25) is 0 Å². The highest BCUT2D eigenvalue weighted by Gasteiger charge is 2.19. The van der Waals surface area contributed by atoms with Gasteiger partial charge in [-0.3, -0.25) is 4.98 Å². The Morgan fingerprint density at radius 2 is 1.47 bits per heavy atom. The molecule has 0 radical (unpaired) electrons. The summed E-state index contributed by atoms with van der Waals surface area (Å²) in [6, 6.07) is 19.7. The van der Waals surface area contributed by atoms with Gasteiger partial charge in [0, 0.05) is 31.2 Å². The maximum Gasteiger partial charge on any atom is 0.180 e. The van der Waals surface area contributed by atoms with Crippen LogP contribution in [0.1, 0.15) is 26.3 Å². The second-order valence-corrected chi connectivity index (χ2v) is 9.48. The van der Waals surface area contributed by atoms with Gasteiger partial charge < -0.3 is 9.13 Å². The van der Waals surface area contributed by atoms with E-state index < -0.39 is 0 Å². The van der Waals surface area contributed by atoms with Crippen LogP contribution in [0.4, 0.5) is 0 Å². The second kappa shape index (κ2) is 6.51. The Balaban J connectivity index is 1.88. The van der Waals surface area contributed by atoms with Crippen LogP contribution in [0.2, 0.25) is 0 Å². The Labute approximate surface area is 181 Å². The molecule has 0 bridgehead atoms. The van der Waals surface area contributed by atoms with Crippen LogP contribution in [0, 0.1) is 4.77 Å². The van der Waals surface area contributed by atoms with Crippen LogP contribution in [-0.2, 0) is 19.5 Å². The van der Waals surface area contributed by atoms with Crippen molar-refractivity contribution < 1.29 is 0 Å². The van der Waals surface area contributed by atoms with Gasteiger partial charge in [-0.15, -0.1) is 0 Å². The SMILES string of the molecule is Cn1c(=S)n(C)c2cc3c(-c4cc(C(C)(C)C)c5ccccc5c4)nccc3cc21. The zero-order chi connectivity index (χ0) is 21.2. The van der Waals surface area contributed by atoms with Gasteiger partial charge in [0.25, 0.3) is 0 Å². The number of fused-ring (bicyclic) bond motifs is 3. The number of nitrogens with zero attached hydrogens (tertiary/aromatic N) is 3. The smallest absolute Gasteiger partial charge is 0.180 e. The van der Waals surface area contributed by atoms with Gasteiger partial charge >= 0.3 is 0 Å². The summed E-state index contributed by atoms with van der Waals surface area (Å²) in [5.74, 6) is 0. The number of rotatable bonds is 1. The van der Waals surface area contributed by atoms with Crippen molar-refractivity contribution in [2.24, 2.45) is 14.1 Å². The molecule has 5 rings (SSSR count). The molecule has 3 aromatic carbocycles. The summed E-state index contributed by atoms with van der Waals surface area (Å²) in [4.78, 5) is 4.83. The van der Waals surface area contributed by atoms with Crippen molar-refractivity contribution in [3.63, 3.8) is 0 Å². The van der Waals surface area contributed by atoms with Crippen LogP contribution in [0.3, 0.4) is 0 Å². The molecule has 0 saturated carbocycles. The third kappa shape index (κ3) is 2.78. The highest BCUT2D eigenvalue weighted by atomic mass is 32.1. The van der Waals surface area contributed by atoms with E-state index in [0.29, 0.717) is 0 Å². The number of hydrogen-bond acceptors (Lipinski definition) is 2. The maximum atomic E-state index is 5.58. The van der Waals surface area contributed by atoms with Gasteiger partial charge in [-0.1, -0.05) is 45.0 Å². The quantitative estimate of drug-likeness (QED) is 0.280. The first kappa shape index (κ1) is 19.0. The highest BCUT2D eigenvalue weighted by molar-refractivity contribution is 7.71. The van der Waals surface area contributed by atoms with Gasteiger partial charge in [-0.2, -0.15) is 0 Å². The largest absolute Gasteiger partial charge is 0.320 e. The molecule has 2 aromatic heterocycles. The molecule has 150 valence electrons. The molecule has 0 aliphatic heterocycles. The summed E-state index contributed by atoms with van der Waals surface area (Å²) in [5, 5.41) is 4.88. The molecule has 0 unspecified atom stereocenters. The fourth-order valence-electron chi connectivity index (χ4n) is 4.46. The van der Waals surface area contributed by atoms with Gasteiger partial charge in [-0.05, 0) is 69.7 Å². The van der Waals surface area contributed by atoms with Crippen molar-refractivity contribution in [3.05, 3.63) is 71.1 Å². The Bertz CT molecular complexity index is 1510. The van der Waals surface area contributed by atoms with Crippen LogP contribution >= 0.6 is 12.2 Å². The summed E-state index contributed by atoms with van der Waals surface area (Å²) in [5.41, 5.74) is 5.81. The lowest BCUT2D eigenvalue weighted by Crippen LogP contribution is -2.12. The van der Waals surface area contributed by atoms with Crippen LogP contribution in [0.5, 0.6) is 0 Å². The van der Waals surface area contributed by atoms with Gasteiger partial charge in [-0.25, -0.2) is 0 Å². The van der Waals surface area contributed by atoms with Crippen molar-refractivity contribution in [1.29, 1.82) is 0 Å². The molecular weight excluding hydrogens is 386 g/mol. The summed E-state index contributed by atoms with van der Waals surface area (Å²) in [7, 11) is 4.05. The van der Waals surface area contributed by atoms with E-state index in [0.717, 1.165) is 32.4 Å². The number of hydrogen-bond donors (Lipinski definition) is 0. The molecule has 3 nitrogen and oxygen atoms in total. The summed E-state index contributed by atoms with van der Waals surface area (Å²) in [6.07, 6.45) is 1.91. The average Bonchev–Trinajstić information content (AvgIpc) is 2.94. The lowest BCUT2D eigenvalue weighted by Gasteiger charge is -2.23. The number of pyridine rings is 1. The maximum absolute atomic E-state index is 5.58. The topological polar surface area (TPSA) is 22.8 Å². The van der Waals surface area contributed by atoms with E-state index in [9.17, 15) is 0 Å². The molecular formula is C26H25N3S. The summed E-state index contributed by atoms with van der Waals surface area (Å²) < 4.78 is 4.95. The lowest BCUT2D eigenvalue weighted by molar-refractivity contribution is 0.596. The van der Waals surface area contributed by atoms with Crippen molar-refractivity contribution in [2.45, 2.75) is 26.2 Å². The number of aryl methyl sites for hydroxylation is 2. The van der Waals surface area contributed by atoms with E-state index in [1.165, 1.54) is 21.7 Å². The van der Waals surface area contributed by atoms with Gasteiger partial charge in [0.1, 0.15) is 0 Å². The molecule has 0 N–H and O–H groups in total. The van der Waals surface area contributed by atoms with Gasteiger partial charge in [0.15, 0.2) is 4.77 Å². The number of benzene rings is 3. The molecule has 4 heteroatoms. The van der Waals surface area contributed by atoms with E-state index in [1.807, 2.05) is 20.3 Å². The molecule has 30 heavy (non-hydrogen) atoms. The van der Waals surface area contributed by atoms with Crippen LogP contribution in [-0.4, -0.2) is 14.1 Å². The minimum Gasteiger partial charge on any atom is -0.320 e. The predicted octanol–water partition coefficient (Wildman–Crippen LogP) is 6.91. The molecule has 0 fully saturated rings. The molecule has 0 amide bonds. The predicted molar refractivity (Wildman–Crippen MR) is 130 cm³/mol. The number of imidazole rings is 1. The molecule has 2 heterocycles.